The van der Waals surface area contributed by atoms with E-state index in [2.05, 4.69) is 10.4 Å². The van der Waals surface area contributed by atoms with Crippen LogP contribution in [-0.4, -0.2) is 28.5 Å². The Labute approximate surface area is 188 Å². The molecule has 1 aromatic heterocycles. The van der Waals surface area contributed by atoms with Crippen molar-refractivity contribution in [2.45, 2.75) is 12.7 Å². The molecule has 0 atom stereocenters. The van der Waals surface area contributed by atoms with E-state index in [-0.39, 0.29) is 18.0 Å². The summed E-state index contributed by atoms with van der Waals surface area (Å²) in [5.41, 5.74) is 3.04. The van der Waals surface area contributed by atoms with E-state index in [9.17, 15) is 18.0 Å². The molecule has 168 valence electrons. The molecule has 0 unspecified atom stereocenters. The Hall–Kier alpha value is -4.07. The number of hydrogen-bond donors (Lipinski definition) is 1. The minimum absolute atomic E-state index is 0.00820. The van der Waals surface area contributed by atoms with Gasteiger partial charge in [-0.2, -0.15) is 18.3 Å². The number of halogens is 3. The van der Waals surface area contributed by atoms with Gasteiger partial charge in [-0.3, -0.25) is 4.79 Å². The highest BCUT2D eigenvalue weighted by molar-refractivity contribution is 5.93. The molecule has 33 heavy (non-hydrogen) atoms. The van der Waals surface area contributed by atoms with Crippen LogP contribution < -0.4 is 10.1 Å². The normalized spacial score (nSPS) is 11.2. The van der Waals surface area contributed by atoms with Crippen LogP contribution in [0.1, 0.15) is 16.1 Å². The van der Waals surface area contributed by atoms with Gasteiger partial charge < -0.3 is 10.1 Å². The zero-order chi connectivity index (χ0) is 23.3. The molecule has 4 aromatic rings. The molecule has 1 amide bonds. The van der Waals surface area contributed by atoms with Crippen molar-refractivity contribution in [1.82, 2.24) is 15.1 Å². The van der Waals surface area contributed by atoms with Crippen LogP contribution in [0.2, 0.25) is 0 Å². The minimum atomic E-state index is -4.45. The van der Waals surface area contributed by atoms with Crippen molar-refractivity contribution in [3.8, 4) is 22.7 Å². The molecule has 0 bridgehead atoms. The molecule has 0 radical (unpaired) electrons. The number of ether oxygens (including phenoxy) is 1. The molecular weight excluding hydrogens is 431 g/mol. The lowest BCUT2D eigenvalue weighted by Gasteiger charge is -2.13. The molecule has 0 fully saturated rings. The highest BCUT2D eigenvalue weighted by Crippen LogP contribution is 2.25. The lowest BCUT2D eigenvalue weighted by molar-refractivity contribution is -0.153. The number of carbonyl (C=O) groups is 1. The van der Waals surface area contributed by atoms with E-state index in [1.54, 1.807) is 28.9 Å². The van der Waals surface area contributed by atoms with E-state index in [0.717, 1.165) is 16.9 Å². The van der Waals surface area contributed by atoms with Crippen LogP contribution in [-0.2, 0) is 6.54 Å². The standard InChI is InChI=1S/C25H20F3N3O2/c26-25(27,28)17-33-23-14-8-7-11-19(23)16-29-24(32)21-15-22(18-9-3-1-4-10-18)31(30-21)20-12-5-2-6-13-20/h1-15H,16-17H2,(H,29,32). The quantitative estimate of drug-likeness (QED) is 0.409. The first-order chi connectivity index (χ1) is 15.9. The van der Waals surface area contributed by atoms with Crippen LogP contribution in [0.25, 0.3) is 16.9 Å². The molecule has 8 heteroatoms. The van der Waals surface area contributed by atoms with Crippen LogP contribution in [0.3, 0.4) is 0 Å². The number of aromatic nitrogens is 2. The van der Waals surface area contributed by atoms with Crippen molar-refractivity contribution in [1.29, 1.82) is 0 Å². The monoisotopic (exact) mass is 451 g/mol. The molecule has 3 aromatic carbocycles. The summed E-state index contributed by atoms with van der Waals surface area (Å²) in [6.07, 6.45) is -4.45. The Morgan fingerprint density at radius 1 is 0.909 bits per heavy atom. The van der Waals surface area contributed by atoms with Crippen molar-refractivity contribution in [3.63, 3.8) is 0 Å². The van der Waals surface area contributed by atoms with Crippen molar-refractivity contribution in [3.05, 3.63) is 102 Å². The SMILES string of the molecule is O=C(NCc1ccccc1OCC(F)(F)F)c1cc(-c2ccccc2)n(-c2ccccc2)n1. The van der Waals surface area contributed by atoms with Crippen LogP contribution in [0.5, 0.6) is 5.75 Å². The Morgan fingerprint density at radius 2 is 1.55 bits per heavy atom. The first kappa shape index (κ1) is 22.1. The predicted molar refractivity (Wildman–Crippen MR) is 118 cm³/mol. The van der Waals surface area contributed by atoms with Crippen molar-refractivity contribution in [2.24, 2.45) is 0 Å². The summed E-state index contributed by atoms with van der Waals surface area (Å²) in [6.45, 7) is -1.41. The van der Waals surface area contributed by atoms with Gasteiger partial charge in [-0.05, 0) is 24.3 Å². The minimum Gasteiger partial charge on any atom is -0.484 e. The lowest BCUT2D eigenvalue weighted by atomic mass is 10.1. The second-order valence-electron chi connectivity index (χ2n) is 7.22. The Bertz CT molecular complexity index is 1170. The largest absolute Gasteiger partial charge is 0.484 e. The summed E-state index contributed by atoms with van der Waals surface area (Å²) in [5, 5.41) is 7.20. The molecule has 0 aliphatic heterocycles. The van der Waals surface area contributed by atoms with Gasteiger partial charge in [0.1, 0.15) is 5.75 Å². The molecule has 0 aliphatic rings. The second-order valence-corrected chi connectivity index (χ2v) is 7.22. The fraction of sp³-hybridized carbons (Fsp3) is 0.120. The van der Waals surface area contributed by atoms with Crippen molar-refractivity contribution >= 4 is 5.91 Å². The zero-order valence-corrected chi connectivity index (χ0v) is 17.4. The van der Waals surface area contributed by atoms with Gasteiger partial charge in [0.15, 0.2) is 12.3 Å². The number of hydrogen-bond acceptors (Lipinski definition) is 3. The predicted octanol–water partition coefficient (Wildman–Crippen LogP) is 5.41. The lowest BCUT2D eigenvalue weighted by Crippen LogP contribution is -2.24. The van der Waals surface area contributed by atoms with E-state index in [1.165, 1.54) is 6.07 Å². The summed E-state index contributed by atoms with van der Waals surface area (Å²) >= 11 is 0. The summed E-state index contributed by atoms with van der Waals surface area (Å²) in [4.78, 5) is 12.9. The van der Waals surface area contributed by atoms with Crippen LogP contribution in [0, 0.1) is 0 Å². The molecule has 0 saturated carbocycles. The number of nitrogens with one attached hydrogen (secondary N) is 1. The highest BCUT2D eigenvalue weighted by Gasteiger charge is 2.28. The number of nitrogens with zero attached hydrogens (tertiary/aromatic N) is 2. The van der Waals surface area contributed by atoms with E-state index in [0.29, 0.717) is 5.56 Å². The summed E-state index contributed by atoms with van der Waals surface area (Å²) < 4.78 is 44.1. The molecule has 0 aliphatic carbocycles. The number of alkyl halides is 3. The fourth-order valence-corrected chi connectivity index (χ4v) is 3.29. The number of rotatable bonds is 7. The second kappa shape index (κ2) is 9.60. The van der Waals surface area contributed by atoms with Crippen LogP contribution in [0.4, 0.5) is 13.2 Å². The Morgan fingerprint density at radius 3 is 2.24 bits per heavy atom. The third-order valence-corrected chi connectivity index (χ3v) is 4.82. The average Bonchev–Trinajstić information content (AvgIpc) is 3.28. The number of para-hydroxylation sites is 2. The van der Waals surface area contributed by atoms with Gasteiger partial charge in [-0.15, -0.1) is 0 Å². The molecular formula is C25H20F3N3O2. The molecule has 1 N–H and O–H groups in total. The molecule has 1 heterocycles. The zero-order valence-electron chi connectivity index (χ0n) is 17.4. The smallest absolute Gasteiger partial charge is 0.422 e. The number of amides is 1. The van der Waals surface area contributed by atoms with Crippen LogP contribution >= 0.6 is 0 Å². The summed E-state index contributed by atoms with van der Waals surface area (Å²) in [7, 11) is 0. The van der Waals surface area contributed by atoms with E-state index in [1.807, 2.05) is 60.7 Å². The third kappa shape index (κ3) is 5.60. The van der Waals surface area contributed by atoms with Gasteiger partial charge >= 0.3 is 6.18 Å². The highest BCUT2D eigenvalue weighted by atomic mass is 19.4. The third-order valence-electron chi connectivity index (χ3n) is 4.82. The van der Waals surface area contributed by atoms with E-state index >= 15 is 0 Å². The van der Waals surface area contributed by atoms with Gasteiger partial charge in [-0.1, -0.05) is 66.7 Å². The van der Waals surface area contributed by atoms with Gasteiger partial charge in [0.25, 0.3) is 5.91 Å². The first-order valence-electron chi connectivity index (χ1n) is 10.2. The summed E-state index contributed by atoms with van der Waals surface area (Å²) in [5.74, 6) is -0.387. The number of carbonyl (C=O) groups excluding carboxylic acids is 1. The topological polar surface area (TPSA) is 56.1 Å². The van der Waals surface area contributed by atoms with E-state index in [4.69, 9.17) is 4.74 Å². The van der Waals surface area contributed by atoms with Crippen molar-refractivity contribution < 1.29 is 22.7 Å². The average molecular weight is 451 g/mol. The van der Waals surface area contributed by atoms with Gasteiger partial charge in [-0.25, -0.2) is 4.68 Å². The maximum atomic E-state index is 12.9. The van der Waals surface area contributed by atoms with Gasteiger partial charge in [0.05, 0.1) is 11.4 Å². The molecule has 4 rings (SSSR count). The van der Waals surface area contributed by atoms with Crippen LogP contribution in [0.15, 0.2) is 91.0 Å². The van der Waals surface area contributed by atoms with E-state index < -0.39 is 18.7 Å². The Balaban J connectivity index is 1.56. The fourth-order valence-electron chi connectivity index (χ4n) is 3.29. The first-order valence-corrected chi connectivity index (χ1v) is 10.2. The molecule has 0 spiro atoms. The number of benzene rings is 3. The maximum absolute atomic E-state index is 12.9. The Kier molecular flexibility index (Phi) is 6.44. The molecule has 0 saturated heterocycles. The maximum Gasteiger partial charge on any atom is 0.422 e. The van der Waals surface area contributed by atoms with Gasteiger partial charge in [0.2, 0.25) is 0 Å². The molecule has 5 nitrogen and oxygen atoms in total. The summed E-state index contributed by atoms with van der Waals surface area (Å²) in [6, 6.07) is 26.9. The van der Waals surface area contributed by atoms with Crippen molar-refractivity contribution in [2.75, 3.05) is 6.61 Å². The van der Waals surface area contributed by atoms with Gasteiger partial charge in [0, 0.05) is 17.7 Å².